The predicted octanol–water partition coefficient (Wildman–Crippen LogP) is 3.38. The first-order valence-corrected chi connectivity index (χ1v) is 9.51. The maximum atomic E-state index is 12.2. The van der Waals surface area contributed by atoms with Gasteiger partial charge in [0.25, 0.3) is 5.56 Å². The van der Waals surface area contributed by atoms with Crippen LogP contribution in [0.15, 0.2) is 45.6 Å². The zero-order chi connectivity index (χ0) is 20.4. The number of carbonyl (C=O) groups excluding carboxylic acids is 1. The van der Waals surface area contributed by atoms with Crippen molar-refractivity contribution >= 4 is 40.1 Å². The number of nitrogen functional groups attached to an aromatic ring is 1. The van der Waals surface area contributed by atoms with Gasteiger partial charge >= 0.3 is 0 Å². The van der Waals surface area contributed by atoms with Crippen LogP contribution in [-0.4, -0.2) is 21.8 Å². The summed E-state index contributed by atoms with van der Waals surface area (Å²) in [6.45, 7) is 7.31. The Kier molecular flexibility index (Phi) is 5.41. The van der Waals surface area contributed by atoms with E-state index in [1.807, 2.05) is 32.0 Å². The first-order valence-electron chi connectivity index (χ1n) is 8.63. The average molecular weight is 395 g/mol. The molecule has 0 spiro atoms. The molecule has 28 heavy (non-hydrogen) atoms. The van der Waals surface area contributed by atoms with Crippen LogP contribution in [0.1, 0.15) is 29.3 Å². The summed E-state index contributed by atoms with van der Waals surface area (Å²) < 4.78 is 1.11. The van der Waals surface area contributed by atoms with Crippen molar-refractivity contribution in [3.63, 3.8) is 0 Å². The molecule has 8 heteroatoms. The summed E-state index contributed by atoms with van der Waals surface area (Å²) in [6.07, 6.45) is 1.45. The SMILES string of the molecule is CC(=O)N(c1ccc(C)c(C)c1)c1nc(/C=N\n2c(N)cc(C)cc2=O)cs1. The molecular formula is C20H21N5O2S. The van der Waals surface area contributed by atoms with Crippen LogP contribution >= 0.6 is 11.3 Å². The first-order chi connectivity index (χ1) is 13.3. The fourth-order valence-corrected chi connectivity index (χ4v) is 3.53. The summed E-state index contributed by atoms with van der Waals surface area (Å²) in [6, 6.07) is 8.95. The summed E-state index contributed by atoms with van der Waals surface area (Å²) in [5, 5.41) is 6.43. The molecule has 0 saturated heterocycles. The van der Waals surface area contributed by atoms with Gasteiger partial charge in [-0.25, -0.2) is 4.98 Å². The highest BCUT2D eigenvalue weighted by molar-refractivity contribution is 7.14. The van der Waals surface area contributed by atoms with Crippen molar-refractivity contribution in [3.05, 3.63) is 68.4 Å². The van der Waals surface area contributed by atoms with Crippen LogP contribution in [0, 0.1) is 20.8 Å². The van der Waals surface area contributed by atoms with Crippen molar-refractivity contribution in [3.8, 4) is 0 Å². The number of hydrogen-bond donors (Lipinski definition) is 1. The molecule has 0 radical (unpaired) electrons. The number of thiazole rings is 1. The maximum absolute atomic E-state index is 12.2. The predicted molar refractivity (Wildman–Crippen MR) is 114 cm³/mol. The molecule has 7 nitrogen and oxygen atoms in total. The van der Waals surface area contributed by atoms with E-state index in [-0.39, 0.29) is 17.3 Å². The van der Waals surface area contributed by atoms with E-state index in [2.05, 4.69) is 10.1 Å². The molecule has 0 bridgehead atoms. The van der Waals surface area contributed by atoms with Crippen LogP contribution in [0.4, 0.5) is 16.6 Å². The Morgan fingerprint density at radius 2 is 1.96 bits per heavy atom. The number of benzene rings is 1. The lowest BCUT2D eigenvalue weighted by Crippen LogP contribution is -2.22. The van der Waals surface area contributed by atoms with Crippen molar-refractivity contribution in [2.24, 2.45) is 5.10 Å². The Morgan fingerprint density at radius 3 is 2.61 bits per heavy atom. The van der Waals surface area contributed by atoms with Crippen LogP contribution in [0.3, 0.4) is 0 Å². The van der Waals surface area contributed by atoms with Crippen molar-refractivity contribution in [1.29, 1.82) is 0 Å². The third kappa shape index (κ3) is 4.01. The summed E-state index contributed by atoms with van der Waals surface area (Å²) in [5.41, 5.74) is 9.85. The van der Waals surface area contributed by atoms with Gasteiger partial charge in [-0.05, 0) is 55.7 Å². The van der Waals surface area contributed by atoms with Gasteiger partial charge in [0, 0.05) is 18.4 Å². The first kappa shape index (κ1) is 19.5. The molecule has 0 fully saturated rings. The van der Waals surface area contributed by atoms with Crippen molar-refractivity contribution < 1.29 is 4.79 Å². The van der Waals surface area contributed by atoms with E-state index in [9.17, 15) is 9.59 Å². The number of anilines is 3. The van der Waals surface area contributed by atoms with Gasteiger partial charge in [-0.15, -0.1) is 11.3 Å². The van der Waals surface area contributed by atoms with Gasteiger partial charge in [-0.1, -0.05) is 6.07 Å². The molecule has 3 rings (SSSR count). The smallest absolute Gasteiger partial charge is 0.273 e. The number of aromatic nitrogens is 2. The number of rotatable bonds is 4. The summed E-state index contributed by atoms with van der Waals surface area (Å²) in [5.74, 6) is 0.109. The highest BCUT2D eigenvalue weighted by Crippen LogP contribution is 2.29. The molecule has 0 unspecified atom stereocenters. The monoisotopic (exact) mass is 395 g/mol. The second-order valence-electron chi connectivity index (χ2n) is 6.53. The lowest BCUT2D eigenvalue weighted by atomic mass is 10.1. The van der Waals surface area contributed by atoms with Gasteiger partial charge in [0.1, 0.15) is 5.82 Å². The molecule has 1 aromatic carbocycles. The Labute approximate surface area is 166 Å². The number of pyridine rings is 1. The topological polar surface area (TPSA) is 93.6 Å². The molecule has 1 amide bonds. The quantitative estimate of drug-likeness (QED) is 0.685. The van der Waals surface area contributed by atoms with E-state index >= 15 is 0 Å². The Balaban J connectivity index is 1.92. The molecule has 144 valence electrons. The summed E-state index contributed by atoms with van der Waals surface area (Å²) in [7, 11) is 0. The van der Waals surface area contributed by atoms with Crippen molar-refractivity contribution in [2.75, 3.05) is 10.6 Å². The molecule has 2 heterocycles. The van der Waals surface area contributed by atoms with Gasteiger partial charge in [0.05, 0.1) is 17.6 Å². The van der Waals surface area contributed by atoms with E-state index in [4.69, 9.17) is 5.73 Å². The standard InChI is InChI=1S/C20H21N5O2S/c1-12-7-18(21)25(19(27)8-12)22-10-16-11-28-20(23-16)24(15(4)26)17-6-5-13(2)14(3)9-17/h5-11H,21H2,1-4H3/b22-10-. The second kappa shape index (κ2) is 7.77. The molecule has 0 saturated carbocycles. The molecule has 0 aliphatic heterocycles. The Bertz CT molecular complexity index is 1130. The minimum Gasteiger partial charge on any atom is -0.384 e. The number of aryl methyl sites for hydroxylation is 3. The average Bonchev–Trinajstić information content (AvgIpc) is 3.05. The molecule has 3 aromatic rings. The summed E-state index contributed by atoms with van der Waals surface area (Å²) >= 11 is 1.32. The van der Waals surface area contributed by atoms with Gasteiger partial charge in [0.2, 0.25) is 5.91 Å². The lowest BCUT2D eigenvalue weighted by Gasteiger charge is -2.19. The molecule has 0 aliphatic carbocycles. The van der Waals surface area contributed by atoms with E-state index in [0.29, 0.717) is 10.8 Å². The fourth-order valence-electron chi connectivity index (χ4n) is 2.69. The van der Waals surface area contributed by atoms with Crippen molar-refractivity contribution in [2.45, 2.75) is 27.7 Å². The largest absolute Gasteiger partial charge is 0.384 e. The third-order valence-electron chi connectivity index (χ3n) is 4.25. The van der Waals surface area contributed by atoms with Gasteiger partial charge in [-0.2, -0.15) is 9.78 Å². The van der Waals surface area contributed by atoms with Crippen LogP contribution < -0.4 is 16.2 Å². The zero-order valence-electron chi connectivity index (χ0n) is 16.1. The Morgan fingerprint density at radius 1 is 1.21 bits per heavy atom. The zero-order valence-corrected chi connectivity index (χ0v) is 16.9. The molecule has 2 N–H and O–H groups in total. The molecule has 0 aliphatic rings. The van der Waals surface area contributed by atoms with Crippen molar-refractivity contribution in [1.82, 2.24) is 9.66 Å². The third-order valence-corrected chi connectivity index (χ3v) is 5.09. The number of nitrogens with zero attached hydrogens (tertiary/aromatic N) is 4. The van der Waals surface area contributed by atoms with E-state index < -0.39 is 0 Å². The highest BCUT2D eigenvalue weighted by atomic mass is 32.1. The van der Waals surface area contributed by atoms with Crippen LogP contribution in [0.2, 0.25) is 0 Å². The summed E-state index contributed by atoms with van der Waals surface area (Å²) in [4.78, 5) is 30.3. The number of nitrogens with two attached hydrogens (primary N) is 1. The molecular weight excluding hydrogens is 374 g/mol. The normalized spacial score (nSPS) is 11.1. The molecule has 2 aromatic heterocycles. The fraction of sp³-hybridized carbons (Fsp3) is 0.200. The lowest BCUT2D eigenvalue weighted by molar-refractivity contribution is -0.115. The molecule has 0 atom stereocenters. The van der Waals surface area contributed by atoms with E-state index in [1.165, 1.54) is 30.5 Å². The van der Waals surface area contributed by atoms with Gasteiger partial charge in [0.15, 0.2) is 5.13 Å². The van der Waals surface area contributed by atoms with Gasteiger partial charge < -0.3 is 5.73 Å². The van der Waals surface area contributed by atoms with Crippen LogP contribution in [-0.2, 0) is 4.79 Å². The van der Waals surface area contributed by atoms with Crippen LogP contribution in [0.5, 0.6) is 0 Å². The number of carbonyl (C=O) groups is 1. The van der Waals surface area contributed by atoms with Crippen LogP contribution in [0.25, 0.3) is 0 Å². The van der Waals surface area contributed by atoms with Gasteiger partial charge in [-0.3, -0.25) is 14.5 Å². The Hall–Kier alpha value is -3.26. The second-order valence-corrected chi connectivity index (χ2v) is 7.37. The van der Waals surface area contributed by atoms with E-state index in [1.54, 1.807) is 23.3 Å². The minimum absolute atomic E-state index is 0.139. The highest BCUT2D eigenvalue weighted by Gasteiger charge is 2.18. The maximum Gasteiger partial charge on any atom is 0.273 e. The van der Waals surface area contributed by atoms with E-state index in [0.717, 1.165) is 27.1 Å². The minimum atomic E-state index is -0.315. The number of hydrogen-bond acceptors (Lipinski definition) is 6. The number of amides is 1.